The van der Waals surface area contributed by atoms with Crippen LogP contribution in [0.15, 0.2) is 231 Å². The average Bonchev–Trinajstić information content (AvgIpc) is 3.92. The van der Waals surface area contributed by atoms with E-state index in [1.165, 1.54) is 92.0 Å². The van der Waals surface area contributed by atoms with Gasteiger partial charge in [0.1, 0.15) is 0 Å². The minimum Gasteiger partial charge on any atom is -0.309 e. The molecule has 3 heterocycles. The van der Waals surface area contributed by atoms with Crippen LogP contribution in [0.25, 0.3) is 142 Å². The van der Waals surface area contributed by atoms with Crippen molar-refractivity contribution < 1.29 is 0 Å². The van der Waals surface area contributed by atoms with Crippen LogP contribution in [-0.2, 0) is 0 Å². The van der Waals surface area contributed by atoms with Gasteiger partial charge < -0.3 is 9.13 Å². The summed E-state index contributed by atoms with van der Waals surface area (Å²) in [5.74, 6) is 0. The molecule has 3 aromatic heterocycles. The van der Waals surface area contributed by atoms with Crippen LogP contribution < -0.4 is 0 Å². The highest BCUT2D eigenvalue weighted by atomic mass is 15.0. The second kappa shape index (κ2) is 14.2. The number of nitrogens with zero attached hydrogens (tertiary/aromatic N) is 4. The number of hydrogen-bond donors (Lipinski definition) is 0. The zero-order valence-electron chi connectivity index (χ0n) is 36.7. The fourth-order valence-corrected chi connectivity index (χ4v) is 11.3. The lowest BCUT2D eigenvalue weighted by Gasteiger charge is -2.15. The maximum Gasteiger partial charge on any atom is 0.0973 e. The van der Waals surface area contributed by atoms with Gasteiger partial charge >= 0.3 is 0 Å². The van der Waals surface area contributed by atoms with E-state index in [0.29, 0.717) is 0 Å². The van der Waals surface area contributed by atoms with Crippen molar-refractivity contribution in [2.75, 3.05) is 0 Å². The summed E-state index contributed by atoms with van der Waals surface area (Å²) in [4.78, 5) is 10.7. The van der Waals surface area contributed by atoms with Gasteiger partial charge in [-0.15, -0.1) is 0 Å². The Labute approximate surface area is 390 Å². The van der Waals surface area contributed by atoms with E-state index in [4.69, 9.17) is 9.97 Å². The first kappa shape index (κ1) is 37.1. The van der Waals surface area contributed by atoms with Gasteiger partial charge in [-0.25, -0.2) is 9.97 Å². The molecule has 0 spiro atoms. The highest BCUT2D eigenvalue weighted by Crippen LogP contribution is 2.42. The molecule has 4 heteroatoms. The van der Waals surface area contributed by atoms with Crippen LogP contribution in [0.5, 0.6) is 0 Å². The van der Waals surface area contributed by atoms with Gasteiger partial charge in [-0.2, -0.15) is 0 Å². The van der Waals surface area contributed by atoms with Gasteiger partial charge in [-0.3, -0.25) is 0 Å². The van der Waals surface area contributed by atoms with E-state index in [0.717, 1.165) is 50.4 Å². The molecule has 0 aliphatic carbocycles. The number of fused-ring (bicyclic) bond motifs is 16. The molecule has 0 atom stereocenters. The Morgan fingerprint density at radius 3 is 1.47 bits per heavy atom. The molecular formula is C64H38N4. The number of benzene rings is 12. The minimum atomic E-state index is 0.858. The second-order valence-electron chi connectivity index (χ2n) is 18.1. The molecule has 0 N–H and O–H groups in total. The van der Waals surface area contributed by atoms with E-state index in [2.05, 4.69) is 228 Å². The molecule has 0 aliphatic heterocycles. The van der Waals surface area contributed by atoms with Crippen molar-refractivity contribution in [3.05, 3.63) is 231 Å². The summed E-state index contributed by atoms with van der Waals surface area (Å²) in [5.41, 5.74) is 12.5. The van der Waals surface area contributed by atoms with E-state index in [1.807, 2.05) is 12.1 Å². The topological polar surface area (TPSA) is 35.6 Å². The van der Waals surface area contributed by atoms with Crippen LogP contribution >= 0.6 is 0 Å². The van der Waals surface area contributed by atoms with Gasteiger partial charge in [0.2, 0.25) is 0 Å². The molecule has 0 radical (unpaired) electrons. The maximum absolute atomic E-state index is 5.37. The first-order valence-corrected chi connectivity index (χ1v) is 23.3. The number of rotatable bonds is 4. The first-order valence-electron chi connectivity index (χ1n) is 23.3. The summed E-state index contributed by atoms with van der Waals surface area (Å²) in [7, 11) is 0. The molecule has 0 saturated carbocycles. The molecule has 0 bridgehead atoms. The van der Waals surface area contributed by atoms with Crippen molar-refractivity contribution in [3.8, 4) is 33.9 Å². The van der Waals surface area contributed by atoms with Crippen molar-refractivity contribution >= 4 is 109 Å². The zero-order chi connectivity index (χ0) is 44.5. The predicted octanol–water partition coefficient (Wildman–Crippen LogP) is 16.9. The minimum absolute atomic E-state index is 0.858. The lowest BCUT2D eigenvalue weighted by atomic mass is 9.92. The van der Waals surface area contributed by atoms with Crippen molar-refractivity contribution in [2.24, 2.45) is 0 Å². The van der Waals surface area contributed by atoms with E-state index < -0.39 is 0 Å². The van der Waals surface area contributed by atoms with Crippen molar-refractivity contribution in [1.29, 1.82) is 0 Å². The summed E-state index contributed by atoms with van der Waals surface area (Å²) < 4.78 is 4.89. The van der Waals surface area contributed by atoms with Crippen LogP contribution in [0.4, 0.5) is 0 Å². The molecule has 0 unspecified atom stereocenters. The summed E-state index contributed by atoms with van der Waals surface area (Å²) in [6, 6.07) is 83.9. The number of para-hydroxylation sites is 3. The summed E-state index contributed by atoms with van der Waals surface area (Å²) in [6.07, 6.45) is 0. The van der Waals surface area contributed by atoms with Gasteiger partial charge in [-0.1, -0.05) is 164 Å². The maximum atomic E-state index is 5.37. The molecule has 4 nitrogen and oxygen atoms in total. The number of aromatic nitrogens is 4. The normalized spacial score (nSPS) is 12.1. The second-order valence-corrected chi connectivity index (χ2v) is 18.1. The molecule has 0 saturated heterocycles. The fraction of sp³-hybridized carbons (Fsp3) is 0. The third-order valence-corrected chi connectivity index (χ3v) is 14.4. The Hall–Kier alpha value is -9.12. The van der Waals surface area contributed by atoms with E-state index in [1.54, 1.807) is 0 Å². The lowest BCUT2D eigenvalue weighted by molar-refractivity contribution is 1.17. The highest BCUT2D eigenvalue weighted by molar-refractivity contribution is 6.26. The molecule has 12 aromatic carbocycles. The molecule has 0 amide bonds. The number of hydrogen-bond acceptors (Lipinski definition) is 2. The highest BCUT2D eigenvalue weighted by Gasteiger charge is 2.20. The molecule has 0 aliphatic rings. The largest absolute Gasteiger partial charge is 0.309 e. The molecule has 314 valence electrons. The third kappa shape index (κ3) is 5.37. The van der Waals surface area contributed by atoms with E-state index in [9.17, 15) is 0 Å². The van der Waals surface area contributed by atoms with Crippen LogP contribution in [0, 0.1) is 0 Å². The fourth-order valence-electron chi connectivity index (χ4n) is 11.3. The van der Waals surface area contributed by atoms with Crippen molar-refractivity contribution in [2.45, 2.75) is 0 Å². The van der Waals surface area contributed by atoms with Gasteiger partial charge in [0.05, 0.1) is 44.5 Å². The van der Waals surface area contributed by atoms with Gasteiger partial charge in [0.25, 0.3) is 0 Å². The summed E-state index contributed by atoms with van der Waals surface area (Å²) >= 11 is 0. The van der Waals surface area contributed by atoms with Gasteiger partial charge in [0, 0.05) is 49.4 Å². The van der Waals surface area contributed by atoms with Crippen LogP contribution in [-0.4, -0.2) is 19.1 Å². The quantitative estimate of drug-likeness (QED) is 0.165. The standard InChI is InChI=1S/C64H38N4/c1-2-15-42-37-61-55(35-41(42)14-1)56-38-45(68-59-24-12-9-21-52(59)53-33-27-39-13-3-4-16-46(39)64(53)68)31-34-60(56)67(61)44-29-25-40(26-30-44)62-63(66-58-23-11-10-22-57(58)65-62)43-28-32-51-49-19-6-5-17-47(49)48-18-7-8-20-50(48)54(51)36-43/h1-38H. The average molecular weight is 863 g/mol. The van der Waals surface area contributed by atoms with Gasteiger partial charge in [-0.05, 0) is 115 Å². The Morgan fingerprint density at radius 1 is 0.250 bits per heavy atom. The SMILES string of the molecule is c1ccc2cc3c(cc2c1)c1cc(-n2c4ccccc4c4ccc5ccccc5c42)ccc1n3-c1ccc(-c2nc3ccccc3nc2-c2ccc3c4ccccc4c4ccccc4c3c2)cc1. The molecule has 15 aromatic rings. The van der Waals surface area contributed by atoms with E-state index >= 15 is 0 Å². The molecule has 0 fully saturated rings. The Balaban J connectivity index is 0.926. The van der Waals surface area contributed by atoms with E-state index in [-0.39, 0.29) is 0 Å². The van der Waals surface area contributed by atoms with Crippen molar-refractivity contribution in [3.63, 3.8) is 0 Å². The Kier molecular flexibility index (Phi) is 7.75. The molecule has 68 heavy (non-hydrogen) atoms. The van der Waals surface area contributed by atoms with Crippen molar-refractivity contribution in [1.82, 2.24) is 19.1 Å². The Morgan fingerprint density at radius 2 is 0.750 bits per heavy atom. The monoisotopic (exact) mass is 862 g/mol. The lowest BCUT2D eigenvalue weighted by Crippen LogP contribution is -1.98. The summed E-state index contributed by atoms with van der Waals surface area (Å²) in [5, 5.41) is 17.3. The molecular weight excluding hydrogens is 825 g/mol. The predicted molar refractivity (Wildman–Crippen MR) is 287 cm³/mol. The Bertz CT molecular complexity index is 4580. The summed E-state index contributed by atoms with van der Waals surface area (Å²) in [6.45, 7) is 0. The first-order chi connectivity index (χ1) is 33.7. The van der Waals surface area contributed by atoms with Crippen LogP contribution in [0.2, 0.25) is 0 Å². The van der Waals surface area contributed by atoms with Gasteiger partial charge in [0.15, 0.2) is 0 Å². The van der Waals surface area contributed by atoms with Crippen LogP contribution in [0.1, 0.15) is 0 Å². The molecule has 15 rings (SSSR count). The zero-order valence-corrected chi connectivity index (χ0v) is 36.7. The smallest absolute Gasteiger partial charge is 0.0973 e. The third-order valence-electron chi connectivity index (χ3n) is 14.4. The van der Waals surface area contributed by atoms with Crippen LogP contribution in [0.3, 0.4) is 0 Å².